The predicted molar refractivity (Wildman–Crippen MR) is 214 cm³/mol. The van der Waals surface area contributed by atoms with Gasteiger partial charge in [-0.3, -0.25) is 38.7 Å². The summed E-state index contributed by atoms with van der Waals surface area (Å²) in [6.45, 7) is 9.76. The van der Waals surface area contributed by atoms with Crippen LogP contribution in [0.4, 0.5) is 11.4 Å². The molecule has 2 aromatic carbocycles. The highest BCUT2D eigenvalue weighted by Crippen LogP contribution is 2.31. The lowest BCUT2D eigenvalue weighted by molar-refractivity contribution is -0.135. The normalized spacial score (nSPS) is 19.6. The van der Waals surface area contributed by atoms with Crippen LogP contribution in [-0.2, 0) is 23.1 Å². The molecule has 2 fully saturated rings. The van der Waals surface area contributed by atoms with E-state index in [0.717, 1.165) is 115 Å². The molecule has 0 spiro atoms. The molecular formula is C42H49N9O4. The zero-order valence-corrected chi connectivity index (χ0v) is 31.7. The Morgan fingerprint density at radius 3 is 2.53 bits per heavy atom. The Morgan fingerprint density at radius 2 is 1.76 bits per heavy atom. The van der Waals surface area contributed by atoms with Crippen molar-refractivity contribution in [3.63, 3.8) is 0 Å². The molecule has 3 amide bonds. The number of hydrogen-bond acceptors (Lipinski definition) is 8. The van der Waals surface area contributed by atoms with Gasteiger partial charge in [0.25, 0.3) is 5.91 Å². The van der Waals surface area contributed by atoms with Gasteiger partial charge in [0.05, 0.1) is 28.0 Å². The first-order valence-electron chi connectivity index (χ1n) is 19.5. The SMILES string of the molecule is CCC(CCNc1ccc(-c2cc(-c3cc4c([nH]3)C[C@@H](C)NC4=O)ccn2)cc1)CN1CCN(c2cccc3c2n(C)c(=O)n3C2CCC(=O)NC2=O)CC1. The third-order valence-electron chi connectivity index (χ3n) is 11.6. The van der Waals surface area contributed by atoms with Crippen LogP contribution in [0, 0.1) is 5.92 Å². The van der Waals surface area contributed by atoms with Crippen LogP contribution in [0.5, 0.6) is 0 Å². The molecular weight excluding hydrogens is 695 g/mol. The second kappa shape index (κ2) is 15.2. The molecule has 6 heterocycles. The number of nitrogens with one attached hydrogen (secondary N) is 4. The topological polar surface area (TPSA) is 149 Å². The minimum atomic E-state index is -0.695. The van der Waals surface area contributed by atoms with Crippen molar-refractivity contribution in [2.45, 2.75) is 58.0 Å². The first kappa shape index (κ1) is 36.3. The number of rotatable bonds is 11. The summed E-state index contributed by atoms with van der Waals surface area (Å²) < 4.78 is 3.20. The number of aromatic amines is 1. The molecule has 4 N–H and O–H groups in total. The van der Waals surface area contributed by atoms with Gasteiger partial charge >= 0.3 is 5.69 Å². The van der Waals surface area contributed by atoms with Crippen LogP contribution >= 0.6 is 0 Å². The van der Waals surface area contributed by atoms with Gasteiger partial charge in [0.1, 0.15) is 6.04 Å². The number of carbonyl (C=O) groups is 3. The lowest BCUT2D eigenvalue weighted by atomic mass is 10.0. The van der Waals surface area contributed by atoms with E-state index in [2.05, 4.69) is 79.0 Å². The van der Waals surface area contributed by atoms with Crippen molar-refractivity contribution in [1.82, 2.24) is 34.6 Å². The molecule has 0 aliphatic carbocycles. The summed E-state index contributed by atoms with van der Waals surface area (Å²) in [6.07, 6.45) is 5.32. The lowest BCUT2D eigenvalue weighted by Crippen LogP contribution is -2.48. The summed E-state index contributed by atoms with van der Waals surface area (Å²) in [7, 11) is 1.76. The number of carbonyl (C=O) groups excluding carboxylic acids is 3. The Hall–Kier alpha value is -5.69. The standard InChI is InChI=1S/C42H49N9O4/c1-4-27(14-16-43-30-10-8-28(9-11-30)32-23-29(15-17-44-32)33-24-31-34(46-33)22-26(2)45-40(31)53)25-49-18-20-50(21-19-49)35-6-5-7-36-39(35)48(3)42(55)51(36)37-12-13-38(52)47-41(37)54/h5-11,15,17,23-24,26-27,37,43,46H,4,12-14,16,18-22,25H2,1-3H3,(H,45,53)(H,47,52,54)/t26-,27?,37?/m1/s1. The lowest BCUT2D eigenvalue weighted by Gasteiger charge is -2.38. The Bertz CT molecular complexity index is 2300. The van der Waals surface area contributed by atoms with E-state index in [0.29, 0.717) is 12.3 Å². The summed E-state index contributed by atoms with van der Waals surface area (Å²) in [5.74, 6) is -0.178. The van der Waals surface area contributed by atoms with Gasteiger partial charge < -0.3 is 20.5 Å². The van der Waals surface area contributed by atoms with E-state index < -0.39 is 11.9 Å². The minimum Gasteiger partial charge on any atom is -0.385 e. The first-order chi connectivity index (χ1) is 26.7. The molecule has 3 aliphatic rings. The van der Waals surface area contributed by atoms with Crippen molar-refractivity contribution in [3.8, 4) is 22.5 Å². The Kier molecular flexibility index (Phi) is 10.0. The number of amides is 3. The molecule has 13 heteroatoms. The van der Waals surface area contributed by atoms with E-state index in [4.69, 9.17) is 0 Å². The number of nitrogens with zero attached hydrogens (tertiary/aromatic N) is 5. The van der Waals surface area contributed by atoms with Crippen LogP contribution in [0.25, 0.3) is 33.5 Å². The Morgan fingerprint density at radius 1 is 0.964 bits per heavy atom. The fraction of sp³-hybridized carbons (Fsp3) is 0.405. The summed E-state index contributed by atoms with van der Waals surface area (Å²) in [4.78, 5) is 63.3. The number of piperazine rings is 1. The monoisotopic (exact) mass is 743 g/mol. The summed E-state index contributed by atoms with van der Waals surface area (Å²) in [5.41, 5.74) is 8.92. The highest BCUT2D eigenvalue weighted by Gasteiger charge is 2.32. The number of para-hydroxylation sites is 1. The molecule has 286 valence electrons. The van der Waals surface area contributed by atoms with Gasteiger partial charge in [-0.05, 0) is 68.1 Å². The Labute approximate surface area is 320 Å². The van der Waals surface area contributed by atoms with Gasteiger partial charge in [-0.25, -0.2) is 4.79 Å². The van der Waals surface area contributed by atoms with Crippen molar-refractivity contribution in [2.75, 3.05) is 49.5 Å². The average Bonchev–Trinajstić information content (AvgIpc) is 3.73. The maximum Gasteiger partial charge on any atom is 0.329 e. The molecule has 55 heavy (non-hydrogen) atoms. The number of H-pyrrole nitrogens is 1. The van der Waals surface area contributed by atoms with Crippen LogP contribution in [0.2, 0.25) is 0 Å². The highest BCUT2D eigenvalue weighted by atomic mass is 16.2. The number of benzene rings is 2. The number of piperidine rings is 1. The molecule has 0 radical (unpaired) electrons. The van der Waals surface area contributed by atoms with Crippen LogP contribution < -0.4 is 26.5 Å². The van der Waals surface area contributed by atoms with Crippen molar-refractivity contribution in [1.29, 1.82) is 0 Å². The van der Waals surface area contributed by atoms with Gasteiger partial charge in [-0.15, -0.1) is 0 Å². The average molecular weight is 744 g/mol. The number of imidazole rings is 1. The largest absolute Gasteiger partial charge is 0.385 e. The van der Waals surface area contributed by atoms with E-state index in [1.54, 1.807) is 16.2 Å². The molecule has 3 aromatic heterocycles. The van der Waals surface area contributed by atoms with Crippen LogP contribution in [0.1, 0.15) is 61.6 Å². The van der Waals surface area contributed by atoms with E-state index in [-0.39, 0.29) is 30.0 Å². The fourth-order valence-electron chi connectivity index (χ4n) is 8.47. The number of imide groups is 1. The van der Waals surface area contributed by atoms with Gasteiger partial charge in [-0.2, -0.15) is 0 Å². The number of fused-ring (bicyclic) bond motifs is 2. The molecule has 3 atom stereocenters. The van der Waals surface area contributed by atoms with Crippen molar-refractivity contribution in [3.05, 3.63) is 88.6 Å². The smallest absolute Gasteiger partial charge is 0.329 e. The minimum absolute atomic E-state index is 0.0269. The second-order valence-corrected chi connectivity index (χ2v) is 15.3. The number of anilines is 2. The number of aromatic nitrogens is 4. The van der Waals surface area contributed by atoms with E-state index >= 15 is 0 Å². The number of hydrogen-bond donors (Lipinski definition) is 4. The van der Waals surface area contributed by atoms with E-state index in [1.807, 2.05) is 37.4 Å². The van der Waals surface area contributed by atoms with E-state index in [1.165, 1.54) is 0 Å². The molecule has 5 aromatic rings. The third-order valence-corrected chi connectivity index (χ3v) is 11.6. The zero-order valence-electron chi connectivity index (χ0n) is 31.7. The Balaban J connectivity index is 0.843. The quantitative estimate of drug-likeness (QED) is 0.142. The number of pyridine rings is 1. The fourth-order valence-corrected chi connectivity index (χ4v) is 8.47. The number of aryl methyl sites for hydroxylation is 1. The van der Waals surface area contributed by atoms with Crippen LogP contribution in [0.3, 0.4) is 0 Å². The van der Waals surface area contributed by atoms with Crippen molar-refractivity contribution < 1.29 is 14.4 Å². The first-order valence-corrected chi connectivity index (χ1v) is 19.5. The maximum atomic E-state index is 13.4. The molecule has 0 bridgehead atoms. The highest BCUT2D eigenvalue weighted by molar-refractivity contribution is 6.01. The molecule has 8 rings (SSSR count). The van der Waals surface area contributed by atoms with Crippen molar-refractivity contribution >= 4 is 40.1 Å². The molecule has 2 saturated heterocycles. The third kappa shape index (κ3) is 7.28. The van der Waals surface area contributed by atoms with Gasteiger partial charge in [0.15, 0.2) is 0 Å². The molecule has 2 unspecified atom stereocenters. The van der Waals surface area contributed by atoms with Crippen LogP contribution in [0.15, 0.2) is 71.7 Å². The molecule has 13 nitrogen and oxygen atoms in total. The van der Waals surface area contributed by atoms with Gasteiger partial charge in [-0.1, -0.05) is 31.5 Å². The summed E-state index contributed by atoms with van der Waals surface area (Å²) in [6, 6.07) is 19.7. The zero-order chi connectivity index (χ0) is 38.2. The predicted octanol–water partition coefficient (Wildman–Crippen LogP) is 4.70. The summed E-state index contributed by atoms with van der Waals surface area (Å²) >= 11 is 0. The van der Waals surface area contributed by atoms with Crippen LogP contribution in [-0.4, -0.2) is 87.0 Å². The second-order valence-electron chi connectivity index (χ2n) is 15.3. The molecule has 0 saturated carbocycles. The van der Waals surface area contributed by atoms with Crippen molar-refractivity contribution in [2.24, 2.45) is 13.0 Å². The van der Waals surface area contributed by atoms with Gasteiger partial charge in [0, 0.05) is 99.6 Å². The molecule has 3 aliphatic heterocycles. The summed E-state index contributed by atoms with van der Waals surface area (Å²) in [5, 5.41) is 9.02. The van der Waals surface area contributed by atoms with Gasteiger partial charge in [0.2, 0.25) is 11.8 Å². The van der Waals surface area contributed by atoms with E-state index in [9.17, 15) is 19.2 Å². The maximum absolute atomic E-state index is 13.4.